The molecule has 0 aliphatic rings. The van der Waals surface area contributed by atoms with E-state index in [0.29, 0.717) is 38.6 Å². The maximum atomic E-state index is 13.3. The van der Waals surface area contributed by atoms with Gasteiger partial charge in [-0.1, -0.05) is 70.9 Å². The fraction of sp³-hybridized carbons (Fsp3) is 0.630. The third-order valence-electron chi connectivity index (χ3n) is 6.78. The summed E-state index contributed by atoms with van der Waals surface area (Å²) in [4.78, 5) is 51.0. The van der Waals surface area contributed by atoms with Crippen molar-refractivity contribution in [2.75, 3.05) is 6.54 Å². The second kappa shape index (κ2) is 16.7. The number of benzene rings is 1. The van der Waals surface area contributed by atoms with Crippen molar-refractivity contribution in [3.8, 4) is 0 Å². The lowest BCUT2D eigenvalue weighted by Crippen LogP contribution is -2.60. The molecule has 6 unspecified atom stereocenters. The number of hydrogen-bond acceptors (Lipinski definition) is 6. The Morgan fingerprint density at radius 1 is 0.838 bits per heavy atom. The summed E-state index contributed by atoms with van der Waals surface area (Å²) < 4.78 is 0. The Labute approximate surface area is 220 Å². The molecule has 0 aromatic heterocycles. The first-order valence-corrected chi connectivity index (χ1v) is 13.2. The summed E-state index contributed by atoms with van der Waals surface area (Å²) in [6.45, 7) is 7.86. The monoisotopic (exact) mass is 519 g/mol. The number of carbonyl (C=O) groups is 4. The molecule has 0 bridgehead atoms. The van der Waals surface area contributed by atoms with Gasteiger partial charge in [0.05, 0.1) is 6.04 Å². The summed E-state index contributed by atoms with van der Waals surface area (Å²) in [5, 5.41) is 17.6. The van der Waals surface area contributed by atoms with Crippen molar-refractivity contribution in [1.82, 2.24) is 16.0 Å². The van der Waals surface area contributed by atoms with Gasteiger partial charge in [0, 0.05) is 0 Å². The number of nitrogens with one attached hydrogen (secondary N) is 3. The third-order valence-corrected chi connectivity index (χ3v) is 6.78. The van der Waals surface area contributed by atoms with Crippen molar-refractivity contribution in [3.63, 3.8) is 0 Å². The molecule has 1 aromatic carbocycles. The molecule has 0 saturated heterocycles. The van der Waals surface area contributed by atoms with E-state index >= 15 is 0 Å². The molecule has 0 radical (unpaired) electrons. The fourth-order valence-electron chi connectivity index (χ4n) is 3.88. The molecule has 0 heterocycles. The predicted octanol–water partition coefficient (Wildman–Crippen LogP) is 1.32. The number of unbranched alkanes of at least 4 members (excludes halogenated alkanes) is 1. The van der Waals surface area contributed by atoms with Crippen molar-refractivity contribution in [3.05, 3.63) is 35.9 Å². The number of nitrogens with two attached hydrogens (primary N) is 2. The zero-order valence-electron chi connectivity index (χ0n) is 22.5. The number of rotatable bonds is 17. The van der Waals surface area contributed by atoms with Crippen LogP contribution in [0.25, 0.3) is 0 Å². The fourth-order valence-corrected chi connectivity index (χ4v) is 3.88. The van der Waals surface area contributed by atoms with Crippen LogP contribution in [0.15, 0.2) is 30.3 Å². The first-order valence-electron chi connectivity index (χ1n) is 13.2. The summed E-state index contributed by atoms with van der Waals surface area (Å²) in [6, 6.07) is 5.56. The van der Waals surface area contributed by atoms with Crippen LogP contribution in [-0.4, -0.2) is 59.5 Å². The van der Waals surface area contributed by atoms with Crippen molar-refractivity contribution in [2.45, 2.75) is 90.4 Å². The topological polar surface area (TPSA) is 177 Å². The van der Waals surface area contributed by atoms with Gasteiger partial charge in [0.1, 0.15) is 18.1 Å². The van der Waals surface area contributed by atoms with E-state index in [0.717, 1.165) is 5.56 Å². The van der Waals surface area contributed by atoms with Gasteiger partial charge in [0.2, 0.25) is 17.7 Å². The molecular formula is C27H45N5O5. The molecule has 0 aliphatic carbocycles. The van der Waals surface area contributed by atoms with E-state index in [9.17, 15) is 24.3 Å². The summed E-state index contributed by atoms with van der Waals surface area (Å²) >= 11 is 0. The standard InChI is InChI=1S/C27H45N5O5/c1-5-17(3)22(25(34)30-21(27(36)37)14-10-11-15-28)32-26(35)23(18(4)6-2)31-24(33)20(29)16-19-12-8-7-9-13-19/h7-9,12-13,17-18,20-23H,5-6,10-11,14-16,28-29H2,1-4H3,(H,30,34)(H,31,33)(H,32,35)(H,36,37). The maximum absolute atomic E-state index is 13.3. The third kappa shape index (κ3) is 10.9. The molecule has 37 heavy (non-hydrogen) atoms. The number of hydrogen-bond donors (Lipinski definition) is 6. The van der Waals surface area contributed by atoms with Gasteiger partial charge in [-0.15, -0.1) is 0 Å². The minimum absolute atomic E-state index is 0.225. The lowest BCUT2D eigenvalue weighted by molar-refractivity contribution is -0.143. The maximum Gasteiger partial charge on any atom is 0.326 e. The quantitative estimate of drug-likeness (QED) is 0.168. The second-order valence-corrected chi connectivity index (χ2v) is 9.72. The molecule has 3 amide bonds. The molecule has 6 atom stereocenters. The average Bonchev–Trinajstić information content (AvgIpc) is 2.88. The molecule has 208 valence electrons. The second-order valence-electron chi connectivity index (χ2n) is 9.72. The van der Waals surface area contributed by atoms with Crippen LogP contribution >= 0.6 is 0 Å². The molecule has 8 N–H and O–H groups in total. The Morgan fingerprint density at radius 2 is 1.35 bits per heavy atom. The molecule has 1 aromatic rings. The van der Waals surface area contributed by atoms with E-state index in [1.54, 1.807) is 6.92 Å². The van der Waals surface area contributed by atoms with E-state index in [4.69, 9.17) is 11.5 Å². The van der Waals surface area contributed by atoms with Crippen molar-refractivity contribution in [1.29, 1.82) is 0 Å². The number of amides is 3. The van der Waals surface area contributed by atoms with Crippen LogP contribution in [0.5, 0.6) is 0 Å². The van der Waals surface area contributed by atoms with Crippen LogP contribution in [0.3, 0.4) is 0 Å². The Balaban J connectivity index is 2.98. The molecule has 0 saturated carbocycles. The SMILES string of the molecule is CCC(C)C(NC(=O)C(N)Cc1ccccc1)C(=O)NC(C(=O)NC(CCCCN)C(=O)O)C(C)CC. The predicted molar refractivity (Wildman–Crippen MR) is 143 cm³/mol. The number of carboxylic acids is 1. The normalized spacial score (nSPS) is 15.9. The molecule has 0 aliphatic heterocycles. The van der Waals surface area contributed by atoms with Crippen LogP contribution in [-0.2, 0) is 25.6 Å². The molecule has 0 spiro atoms. The highest BCUT2D eigenvalue weighted by molar-refractivity contribution is 5.94. The lowest BCUT2D eigenvalue weighted by atomic mass is 9.94. The van der Waals surface area contributed by atoms with Gasteiger partial charge >= 0.3 is 5.97 Å². The van der Waals surface area contributed by atoms with Crippen molar-refractivity contribution in [2.24, 2.45) is 23.3 Å². The lowest BCUT2D eigenvalue weighted by Gasteiger charge is -2.30. The highest BCUT2D eigenvalue weighted by Crippen LogP contribution is 2.14. The summed E-state index contributed by atoms with van der Waals surface area (Å²) in [5.74, 6) is -3.17. The molecular weight excluding hydrogens is 474 g/mol. The smallest absolute Gasteiger partial charge is 0.326 e. The van der Waals surface area contributed by atoms with Gasteiger partial charge in [-0.05, 0) is 49.6 Å². The van der Waals surface area contributed by atoms with Crippen LogP contribution in [0.1, 0.15) is 65.4 Å². The van der Waals surface area contributed by atoms with E-state index in [2.05, 4.69) is 16.0 Å². The minimum Gasteiger partial charge on any atom is -0.480 e. The van der Waals surface area contributed by atoms with E-state index < -0.39 is 47.9 Å². The first kappa shape index (κ1) is 32.0. The zero-order chi connectivity index (χ0) is 28.0. The van der Waals surface area contributed by atoms with Gasteiger partial charge < -0.3 is 32.5 Å². The van der Waals surface area contributed by atoms with E-state index in [1.807, 2.05) is 51.1 Å². The molecule has 10 nitrogen and oxygen atoms in total. The zero-order valence-corrected chi connectivity index (χ0v) is 22.5. The van der Waals surface area contributed by atoms with Crippen molar-refractivity contribution < 1.29 is 24.3 Å². The van der Waals surface area contributed by atoms with Crippen LogP contribution in [0.4, 0.5) is 0 Å². The average molecular weight is 520 g/mol. The van der Waals surface area contributed by atoms with Crippen LogP contribution < -0.4 is 27.4 Å². The summed E-state index contributed by atoms with van der Waals surface area (Å²) in [6.07, 6.45) is 2.94. The van der Waals surface area contributed by atoms with Gasteiger partial charge in [-0.2, -0.15) is 0 Å². The van der Waals surface area contributed by atoms with Crippen LogP contribution in [0.2, 0.25) is 0 Å². The van der Waals surface area contributed by atoms with Crippen molar-refractivity contribution >= 4 is 23.7 Å². The van der Waals surface area contributed by atoms with Gasteiger partial charge in [0.25, 0.3) is 0 Å². The Kier molecular flexibility index (Phi) is 14.5. The number of carbonyl (C=O) groups excluding carboxylic acids is 3. The highest BCUT2D eigenvalue weighted by Gasteiger charge is 2.34. The summed E-state index contributed by atoms with van der Waals surface area (Å²) in [5.41, 5.74) is 12.5. The number of carboxylic acid groups (broad SMARTS) is 1. The Bertz CT molecular complexity index is 866. The molecule has 0 fully saturated rings. The Morgan fingerprint density at radius 3 is 1.84 bits per heavy atom. The Hall–Kier alpha value is -2.98. The highest BCUT2D eigenvalue weighted by atomic mass is 16.4. The minimum atomic E-state index is -1.14. The van der Waals surface area contributed by atoms with E-state index in [-0.39, 0.29) is 18.3 Å². The summed E-state index contributed by atoms with van der Waals surface area (Å²) in [7, 11) is 0. The van der Waals surface area contributed by atoms with Crippen LogP contribution in [0, 0.1) is 11.8 Å². The van der Waals surface area contributed by atoms with Gasteiger partial charge in [0.15, 0.2) is 0 Å². The number of aliphatic carboxylic acids is 1. The van der Waals surface area contributed by atoms with Gasteiger partial charge in [-0.25, -0.2) is 4.79 Å². The van der Waals surface area contributed by atoms with Gasteiger partial charge in [-0.3, -0.25) is 14.4 Å². The first-order chi connectivity index (χ1) is 17.5. The molecule has 10 heteroatoms. The molecule has 1 rings (SSSR count). The van der Waals surface area contributed by atoms with E-state index in [1.165, 1.54) is 0 Å². The largest absolute Gasteiger partial charge is 0.480 e.